The van der Waals surface area contributed by atoms with Crippen molar-refractivity contribution in [1.29, 1.82) is 0 Å². The number of hydrogen-bond donors (Lipinski definition) is 2. The van der Waals surface area contributed by atoms with E-state index in [1.54, 1.807) is 11.8 Å². The number of carbonyl (C=O) groups is 1. The van der Waals surface area contributed by atoms with Crippen LogP contribution in [0.2, 0.25) is 0 Å². The second kappa shape index (κ2) is 7.85. The molecule has 1 aliphatic rings. The highest BCUT2D eigenvalue weighted by atomic mass is 32.2. The Morgan fingerprint density at radius 3 is 2.76 bits per heavy atom. The van der Waals surface area contributed by atoms with Crippen molar-refractivity contribution in [3.05, 3.63) is 34.9 Å². The van der Waals surface area contributed by atoms with Gasteiger partial charge in [0.05, 0.1) is 12.1 Å². The molecule has 1 unspecified atom stereocenters. The van der Waals surface area contributed by atoms with Crippen LogP contribution in [0.15, 0.2) is 18.2 Å². The van der Waals surface area contributed by atoms with Crippen LogP contribution in [0.25, 0.3) is 0 Å². The van der Waals surface area contributed by atoms with E-state index >= 15 is 0 Å². The molecule has 21 heavy (non-hydrogen) atoms. The lowest BCUT2D eigenvalue weighted by Gasteiger charge is -2.21. The van der Waals surface area contributed by atoms with Crippen molar-refractivity contribution < 1.29 is 4.79 Å². The van der Waals surface area contributed by atoms with Crippen molar-refractivity contribution in [2.75, 3.05) is 12.0 Å². The van der Waals surface area contributed by atoms with Gasteiger partial charge in [0.25, 0.3) is 0 Å². The van der Waals surface area contributed by atoms with Crippen LogP contribution in [0.1, 0.15) is 48.9 Å². The topological polar surface area (TPSA) is 55.1 Å². The molecule has 1 aromatic rings. The van der Waals surface area contributed by atoms with Gasteiger partial charge in [-0.1, -0.05) is 18.2 Å². The molecule has 0 fully saturated rings. The molecule has 0 aromatic heterocycles. The molecule has 0 radical (unpaired) electrons. The fourth-order valence-corrected chi connectivity index (χ4v) is 3.29. The summed E-state index contributed by atoms with van der Waals surface area (Å²) in [6.45, 7) is 2.03. The van der Waals surface area contributed by atoms with Crippen molar-refractivity contribution in [2.45, 2.75) is 51.1 Å². The number of carbonyl (C=O) groups excluding carboxylic acids is 1. The minimum absolute atomic E-state index is 0.0186. The van der Waals surface area contributed by atoms with Gasteiger partial charge in [0, 0.05) is 0 Å². The van der Waals surface area contributed by atoms with Crippen LogP contribution in [0.5, 0.6) is 0 Å². The van der Waals surface area contributed by atoms with Crippen molar-refractivity contribution in [3.63, 3.8) is 0 Å². The summed E-state index contributed by atoms with van der Waals surface area (Å²) in [7, 11) is 0. The van der Waals surface area contributed by atoms with Gasteiger partial charge in [0.1, 0.15) is 0 Å². The lowest BCUT2D eigenvalue weighted by Crippen LogP contribution is -2.42. The van der Waals surface area contributed by atoms with Crippen molar-refractivity contribution in [3.8, 4) is 0 Å². The molecule has 0 aliphatic heterocycles. The minimum Gasteiger partial charge on any atom is -0.348 e. The van der Waals surface area contributed by atoms with Crippen LogP contribution in [0, 0.1) is 0 Å². The summed E-state index contributed by atoms with van der Waals surface area (Å²) in [5, 5.41) is 3.04. The molecule has 1 aromatic carbocycles. The summed E-state index contributed by atoms with van der Waals surface area (Å²) >= 11 is 1.72. The predicted octanol–water partition coefficient (Wildman–Crippen LogP) is 2.82. The first-order valence-electron chi connectivity index (χ1n) is 7.78. The van der Waals surface area contributed by atoms with Gasteiger partial charge >= 0.3 is 0 Å². The molecule has 0 saturated heterocycles. The fourth-order valence-electron chi connectivity index (χ4n) is 2.80. The average Bonchev–Trinajstić information content (AvgIpc) is 2.51. The number of nitrogens with two attached hydrogens (primary N) is 1. The maximum absolute atomic E-state index is 12.1. The Morgan fingerprint density at radius 1 is 1.33 bits per heavy atom. The molecule has 0 saturated carbocycles. The Morgan fingerprint density at radius 2 is 2.05 bits per heavy atom. The third-order valence-corrected chi connectivity index (χ3v) is 4.85. The van der Waals surface area contributed by atoms with Crippen molar-refractivity contribution in [2.24, 2.45) is 5.73 Å². The Balaban J connectivity index is 1.96. The molecule has 2 atom stereocenters. The maximum Gasteiger partial charge on any atom is 0.237 e. The molecule has 0 spiro atoms. The van der Waals surface area contributed by atoms with Crippen LogP contribution in [0.4, 0.5) is 0 Å². The summed E-state index contributed by atoms with van der Waals surface area (Å²) in [4.78, 5) is 12.1. The van der Waals surface area contributed by atoms with Gasteiger partial charge in [0.15, 0.2) is 0 Å². The van der Waals surface area contributed by atoms with Crippen LogP contribution in [0.3, 0.4) is 0 Å². The number of benzene rings is 1. The lowest BCUT2D eigenvalue weighted by atomic mass is 9.89. The molecule has 0 bridgehead atoms. The van der Waals surface area contributed by atoms with Gasteiger partial charge in [-0.05, 0) is 67.7 Å². The normalized spacial score (nSPS) is 16.9. The van der Waals surface area contributed by atoms with E-state index in [0.29, 0.717) is 0 Å². The van der Waals surface area contributed by atoms with E-state index in [1.807, 2.05) is 13.2 Å². The SMILES string of the molecule is CSCC[C@H](N)C(=O)NC(C)c1ccc2c(c1)CCCC2. The van der Waals surface area contributed by atoms with Gasteiger partial charge < -0.3 is 11.1 Å². The number of hydrogen-bond acceptors (Lipinski definition) is 3. The highest BCUT2D eigenvalue weighted by Crippen LogP contribution is 2.24. The third-order valence-electron chi connectivity index (χ3n) is 4.20. The second-order valence-corrected chi connectivity index (χ2v) is 6.84. The van der Waals surface area contributed by atoms with E-state index < -0.39 is 6.04 Å². The summed E-state index contributed by atoms with van der Waals surface area (Å²) in [5.41, 5.74) is 10.0. The van der Waals surface area contributed by atoms with Crippen molar-refractivity contribution in [1.82, 2.24) is 5.32 Å². The first-order chi connectivity index (χ1) is 10.1. The number of rotatable bonds is 6. The Kier molecular flexibility index (Phi) is 6.12. The highest BCUT2D eigenvalue weighted by Gasteiger charge is 2.17. The third kappa shape index (κ3) is 4.48. The molecular weight excluding hydrogens is 280 g/mol. The number of fused-ring (bicyclic) bond motifs is 1. The first-order valence-corrected chi connectivity index (χ1v) is 9.17. The van der Waals surface area contributed by atoms with Gasteiger partial charge in [-0.3, -0.25) is 4.79 Å². The smallest absolute Gasteiger partial charge is 0.237 e. The highest BCUT2D eigenvalue weighted by molar-refractivity contribution is 7.98. The molecule has 1 amide bonds. The predicted molar refractivity (Wildman–Crippen MR) is 90.6 cm³/mol. The van der Waals surface area contributed by atoms with Gasteiger partial charge in [-0.25, -0.2) is 0 Å². The summed E-state index contributed by atoms with van der Waals surface area (Å²) in [6, 6.07) is 6.23. The molecule has 0 heterocycles. The fraction of sp³-hybridized carbons (Fsp3) is 0.588. The number of thioether (sulfide) groups is 1. The Bertz CT molecular complexity index is 490. The first kappa shape index (κ1) is 16.4. The monoisotopic (exact) mass is 306 g/mol. The van der Waals surface area contributed by atoms with Crippen LogP contribution in [-0.2, 0) is 17.6 Å². The van der Waals surface area contributed by atoms with E-state index in [2.05, 4.69) is 23.5 Å². The standard InChI is InChI=1S/C17H26N2OS/c1-12(19-17(20)16(18)9-10-21-2)14-8-7-13-5-3-4-6-15(13)11-14/h7-8,11-12,16H,3-6,9-10,18H2,1-2H3,(H,19,20)/t12?,16-/m0/s1. The zero-order chi connectivity index (χ0) is 15.2. The van der Waals surface area contributed by atoms with Crippen LogP contribution in [-0.4, -0.2) is 24.0 Å². The molecule has 3 N–H and O–H groups in total. The summed E-state index contributed by atoms with van der Waals surface area (Å²) in [6.07, 6.45) is 7.68. The quantitative estimate of drug-likeness (QED) is 0.850. The van der Waals surface area contributed by atoms with Crippen LogP contribution < -0.4 is 11.1 Å². The van der Waals surface area contributed by atoms with Crippen molar-refractivity contribution >= 4 is 17.7 Å². The molecule has 1 aliphatic carbocycles. The van der Waals surface area contributed by atoms with Gasteiger partial charge in [-0.15, -0.1) is 0 Å². The number of nitrogens with one attached hydrogen (secondary N) is 1. The van der Waals surface area contributed by atoms with E-state index in [9.17, 15) is 4.79 Å². The summed E-state index contributed by atoms with van der Waals surface area (Å²) < 4.78 is 0. The molecule has 2 rings (SSSR count). The molecule has 3 nitrogen and oxygen atoms in total. The molecule has 116 valence electrons. The average molecular weight is 306 g/mol. The van der Waals surface area contributed by atoms with E-state index in [0.717, 1.165) is 18.6 Å². The zero-order valence-corrected chi connectivity index (χ0v) is 13.8. The van der Waals surface area contributed by atoms with Gasteiger partial charge in [-0.2, -0.15) is 11.8 Å². The maximum atomic E-state index is 12.1. The molecular formula is C17H26N2OS. The molecule has 4 heteroatoms. The van der Waals surface area contributed by atoms with E-state index in [1.165, 1.54) is 36.0 Å². The summed E-state index contributed by atoms with van der Waals surface area (Å²) in [5.74, 6) is 0.871. The Hall–Kier alpha value is -1.00. The van der Waals surface area contributed by atoms with Crippen LogP contribution >= 0.6 is 11.8 Å². The van der Waals surface area contributed by atoms with E-state index in [-0.39, 0.29) is 11.9 Å². The van der Waals surface area contributed by atoms with Gasteiger partial charge in [0.2, 0.25) is 5.91 Å². The zero-order valence-electron chi connectivity index (χ0n) is 13.0. The lowest BCUT2D eigenvalue weighted by molar-refractivity contribution is -0.123. The number of amides is 1. The van der Waals surface area contributed by atoms with E-state index in [4.69, 9.17) is 5.73 Å². The Labute approximate surface area is 132 Å². The number of aryl methyl sites for hydroxylation is 2. The largest absolute Gasteiger partial charge is 0.348 e. The minimum atomic E-state index is -0.405. The second-order valence-electron chi connectivity index (χ2n) is 5.85.